The molecule has 1 unspecified atom stereocenters. The fourth-order valence-corrected chi connectivity index (χ4v) is 6.65. The van der Waals surface area contributed by atoms with E-state index in [1.807, 2.05) is 24.3 Å². The normalized spacial score (nSPS) is 21.1. The Hall–Kier alpha value is -6.29. The lowest BCUT2D eigenvalue weighted by atomic mass is 9.94. The number of ether oxygens (including phenoxy) is 4. The van der Waals surface area contributed by atoms with Gasteiger partial charge >= 0.3 is 35.9 Å². The first-order chi connectivity index (χ1) is 31.7. The number of benzene rings is 1. The lowest BCUT2D eigenvalue weighted by molar-refractivity contribution is -0.306. The molecular weight excluding hydrogens is 919 g/mol. The predicted octanol–water partition coefficient (Wildman–Crippen LogP) is 0.159. The van der Waals surface area contributed by atoms with E-state index >= 15 is 0 Å². The number of imidazole rings is 1. The summed E-state index contributed by atoms with van der Waals surface area (Å²) in [6.07, 6.45) is -15.7. The summed E-state index contributed by atoms with van der Waals surface area (Å²) in [7, 11) is 1.56. The second kappa shape index (κ2) is 26.9. The van der Waals surface area contributed by atoms with Gasteiger partial charge in [-0.25, -0.2) is 24.0 Å². The number of aliphatic hydroxyl groups excluding tert-OH is 2. The number of halogens is 3. The van der Waals surface area contributed by atoms with Gasteiger partial charge in [0.05, 0.1) is 12.8 Å². The summed E-state index contributed by atoms with van der Waals surface area (Å²) in [6, 6.07) is 2.56. The largest absolute Gasteiger partial charge is 0.497 e. The Bertz CT molecular complexity index is 2050. The monoisotopic (exact) mass is 979 g/mol. The molecule has 0 aliphatic carbocycles. The van der Waals surface area contributed by atoms with Crippen molar-refractivity contribution < 1.29 is 91.2 Å². The number of H-pyrrole nitrogens is 2. The number of alkyl halides is 3. The third kappa shape index (κ3) is 17.7. The number of methoxy groups -OCH3 is 1. The molecule has 1 aromatic carbocycles. The molecule has 68 heavy (non-hydrogen) atoms. The molecule has 0 saturated carbocycles. The fraction of sp³-hybridized carbons (Fsp3) is 0.610. The maximum Gasteiger partial charge on any atom is 0.490 e. The van der Waals surface area contributed by atoms with Gasteiger partial charge in [0.25, 0.3) is 0 Å². The molecule has 12 atom stereocenters. The van der Waals surface area contributed by atoms with Crippen LogP contribution in [0.4, 0.5) is 18.0 Å². The summed E-state index contributed by atoms with van der Waals surface area (Å²) >= 11 is 0. The second-order valence-corrected chi connectivity index (χ2v) is 15.9. The Labute approximate surface area is 386 Å². The Morgan fingerprint density at radius 1 is 0.868 bits per heavy atom. The average molecular weight is 980 g/mol. The number of hydrogen-bond donors (Lipinski definition) is 12. The van der Waals surface area contributed by atoms with E-state index in [2.05, 4.69) is 25.9 Å². The molecule has 1 aromatic heterocycles. The van der Waals surface area contributed by atoms with Gasteiger partial charge < -0.3 is 81.9 Å². The first-order valence-electron chi connectivity index (χ1n) is 21.2. The highest BCUT2D eigenvalue weighted by molar-refractivity contribution is 5.94. The quantitative estimate of drug-likeness (QED) is 0.0623. The standard InChI is InChI=1S/C39H59N7O15.C2HF3O2/c1-6-18(3)25(33(50)46-26(35(52)53)19(4)7-2)45-34(51)27(44-24(47)11-9-8-10-21(40)16-20-12-14-22(58-5)15-13-20)30(23-17-42-39(57)43-23)59-37-29(49)31(61-38(41)56)28(48)32(60-37)36(54)55;3-2(4,5)1(6)7/h12-15,17-19,21,25-32,37,48-49H,6-11,16,40H2,1-5H3,(H2,41,56)(H,44,47)(H,45,51)(H,46,50)(H,52,53)(H,54,55)(H2,42,43,57);(H,6,7)/t18-,19+,21?,25-,26+,27+,28-,29+,30-,31-,32+,37+;/m0./s1. The molecule has 1 saturated heterocycles. The molecule has 14 N–H and O–H groups in total. The molecule has 0 radical (unpaired) electrons. The van der Waals surface area contributed by atoms with E-state index in [9.17, 15) is 67.2 Å². The molecule has 3 rings (SSSR count). The highest BCUT2D eigenvalue weighted by atomic mass is 19.4. The van der Waals surface area contributed by atoms with E-state index in [0.717, 1.165) is 11.8 Å². The zero-order valence-corrected chi connectivity index (χ0v) is 37.7. The Morgan fingerprint density at radius 2 is 1.43 bits per heavy atom. The minimum atomic E-state index is -5.08. The molecule has 4 amide bonds. The van der Waals surface area contributed by atoms with Gasteiger partial charge in [-0.3, -0.25) is 14.4 Å². The van der Waals surface area contributed by atoms with Gasteiger partial charge in [0.1, 0.15) is 42.2 Å². The lowest BCUT2D eigenvalue weighted by Gasteiger charge is -2.41. The van der Waals surface area contributed by atoms with Gasteiger partial charge in [-0.1, -0.05) is 59.1 Å². The van der Waals surface area contributed by atoms with E-state index in [4.69, 9.17) is 40.3 Å². The molecule has 1 fully saturated rings. The summed E-state index contributed by atoms with van der Waals surface area (Å²) in [5.41, 5.74) is 11.4. The number of aromatic amines is 2. The van der Waals surface area contributed by atoms with Crippen LogP contribution in [0.5, 0.6) is 5.75 Å². The molecule has 24 nitrogen and oxygen atoms in total. The van der Waals surface area contributed by atoms with Crippen molar-refractivity contribution in [1.29, 1.82) is 0 Å². The minimum absolute atomic E-state index is 0.162. The number of unbranched alkanes of at least 4 members (excludes halogenated alkanes) is 1. The van der Waals surface area contributed by atoms with E-state index in [1.165, 1.54) is 0 Å². The number of nitrogens with two attached hydrogens (primary N) is 2. The van der Waals surface area contributed by atoms with Crippen molar-refractivity contribution in [1.82, 2.24) is 25.9 Å². The summed E-state index contributed by atoms with van der Waals surface area (Å²) < 4.78 is 53.1. The Kier molecular flexibility index (Phi) is 22.9. The molecule has 1 aliphatic heterocycles. The van der Waals surface area contributed by atoms with Crippen LogP contribution in [0.3, 0.4) is 0 Å². The van der Waals surface area contributed by atoms with Gasteiger partial charge in [-0.05, 0) is 48.8 Å². The number of aliphatic carboxylic acids is 3. The Balaban J connectivity index is 0.00000209. The van der Waals surface area contributed by atoms with Crippen LogP contribution in [0.2, 0.25) is 0 Å². The van der Waals surface area contributed by atoms with Crippen LogP contribution in [-0.2, 0) is 49.4 Å². The van der Waals surface area contributed by atoms with Crippen LogP contribution in [0.1, 0.15) is 83.6 Å². The molecule has 2 aromatic rings. The molecule has 0 spiro atoms. The highest BCUT2D eigenvalue weighted by Crippen LogP contribution is 2.31. The second-order valence-electron chi connectivity index (χ2n) is 15.9. The number of carboxylic acids is 3. The number of aromatic nitrogens is 2. The number of carbonyl (C=O) groups is 7. The van der Waals surface area contributed by atoms with Gasteiger partial charge in [0.15, 0.2) is 18.5 Å². The summed E-state index contributed by atoms with van der Waals surface area (Å²) in [5, 5.41) is 56.1. The molecule has 27 heteroatoms. The number of nitrogens with one attached hydrogen (secondary N) is 5. The zero-order valence-electron chi connectivity index (χ0n) is 37.7. The molecule has 0 bridgehead atoms. The minimum Gasteiger partial charge on any atom is -0.497 e. The molecule has 2 heterocycles. The van der Waals surface area contributed by atoms with E-state index in [1.54, 1.807) is 34.8 Å². The number of carbonyl (C=O) groups excluding carboxylic acids is 4. The van der Waals surface area contributed by atoms with Gasteiger partial charge in [0, 0.05) is 18.7 Å². The van der Waals surface area contributed by atoms with E-state index in [-0.39, 0.29) is 18.2 Å². The number of amides is 4. The van der Waals surface area contributed by atoms with Crippen molar-refractivity contribution in [3.8, 4) is 5.75 Å². The van der Waals surface area contributed by atoms with Gasteiger partial charge in [-0.15, -0.1) is 0 Å². The number of aliphatic hydroxyl groups is 2. The summed E-state index contributed by atoms with van der Waals surface area (Å²) in [6.45, 7) is 6.71. The number of hydrogen-bond acceptors (Lipinski definition) is 15. The van der Waals surface area contributed by atoms with Crippen molar-refractivity contribution in [3.63, 3.8) is 0 Å². The first-order valence-corrected chi connectivity index (χ1v) is 21.2. The van der Waals surface area contributed by atoms with Gasteiger partial charge in [0.2, 0.25) is 17.7 Å². The first kappa shape index (κ1) is 57.8. The number of carboxylic acid groups (broad SMARTS) is 3. The van der Waals surface area contributed by atoms with Crippen LogP contribution in [0, 0.1) is 11.8 Å². The highest BCUT2D eigenvalue weighted by Gasteiger charge is 2.52. The maximum absolute atomic E-state index is 14.5. The maximum atomic E-state index is 14.5. The zero-order chi connectivity index (χ0) is 51.6. The van der Waals surface area contributed by atoms with Crippen molar-refractivity contribution >= 4 is 41.7 Å². The van der Waals surface area contributed by atoms with Gasteiger partial charge in [-0.2, -0.15) is 13.2 Å². The van der Waals surface area contributed by atoms with Crippen LogP contribution in [0.15, 0.2) is 35.3 Å². The number of primary amides is 1. The SMILES string of the molecule is CC[C@@H](C)[C@@H](NC(=O)[C@@H](NC(=O)[C@H](NC(=O)CCCCC(N)Cc1ccc(OC)cc1)[C@@H](O[C@@H]1O[C@@H](C(=O)O)[C@@H](O)[C@H](OC(N)=O)[C@H]1O)c1c[nH]c(=O)[nH]1)[C@@H](C)CC)C(=O)O.O=C(O)C(F)(F)F. The lowest BCUT2D eigenvalue weighted by Crippen LogP contribution is -2.63. The van der Waals surface area contributed by atoms with E-state index < -0.39 is 120 Å². The van der Waals surface area contributed by atoms with Crippen molar-refractivity contribution in [2.45, 2.75) is 140 Å². The van der Waals surface area contributed by atoms with Crippen molar-refractivity contribution in [2.75, 3.05) is 7.11 Å². The summed E-state index contributed by atoms with van der Waals surface area (Å²) in [4.78, 5) is 104. The van der Waals surface area contributed by atoms with Crippen LogP contribution in [0.25, 0.3) is 0 Å². The third-order valence-electron chi connectivity index (χ3n) is 10.8. The van der Waals surface area contributed by atoms with Crippen LogP contribution >= 0.6 is 0 Å². The molecular formula is C41H60F3N7O17. The average Bonchev–Trinajstić information content (AvgIpc) is 3.71. The molecule has 1 aliphatic rings. The number of rotatable bonds is 24. The topological polar surface area (TPSA) is 394 Å². The predicted molar refractivity (Wildman–Crippen MR) is 227 cm³/mol. The van der Waals surface area contributed by atoms with Crippen LogP contribution < -0.4 is 37.8 Å². The van der Waals surface area contributed by atoms with Crippen LogP contribution in [-0.4, -0.2) is 145 Å². The Morgan fingerprint density at radius 3 is 1.91 bits per heavy atom. The summed E-state index contributed by atoms with van der Waals surface area (Å²) in [5.74, 6) is -8.92. The third-order valence-corrected chi connectivity index (χ3v) is 10.8. The fourth-order valence-electron chi connectivity index (χ4n) is 6.65. The van der Waals surface area contributed by atoms with Crippen molar-refractivity contribution in [2.24, 2.45) is 23.3 Å². The van der Waals surface area contributed by atoms with E-state index in [0.29, 0.717) is 44.3 Å². The molecule has 382 valence electrons. The smallest absolute Gasteiger partial charge is 0.490 e. The van der Waals surface area contributed by atoms with Crippen molar-refractivity contribution in [3.05, 3.63) is 52.2 Å².